The van der Waals surface area contributed by atoms with Crippen LogP contribution >= 0.6 is 35.1 Å². The van der Waals surface area contributed by atoms with Crippen LogP contribution in [0.5, 0.6) is 0 Å². The lowest BCUT2D eigenvalue weighted by atomic mass is 10.4. The number of hydrogen-bond donors (Lipinski definition) is 1. The molecule has 0 aliphatic heterocycles. The average Bonchev–Trinajstić information content (AvgIpc) is 2.47. The molecular weight excluding hydrogens is 310 g/mol. The second-order valence-corrected chi connectivity index (χ2v) is 6.28. The Labute approximate surface area is 132 Å². The van der Waals surface area contributed by atoms with Crippen LogP contribution in [0.15, 0.2) is 45.4 Å². The van der Waals surface area contributed by atoms with Gasteiger partial charge in [-0.3, -0.25) is 0 Å². The number of hydrogen-bond acceptors (Lipinski definition) is 5. The van der Waals surface area contributed by atoms with E-state index in [1.54, 1.807) is 11.8 Å². The van der Waals surface area contributed by atoms with Crippen LogP contribution in [0.3, 0.4) is 0 Å². The smallest absolute Gasteiger partial charge is 0.190 e. The molecule has 1 N–H and O–H groups in total. The van der Waals surface area contributed by atoms with E-state index in [0.717, 1.165) is 38.9 Å². The van der Waals surface area contributed by atoms with Gasteiger partial charge in [0.2, 0.25) is 0 Å². The molecule has 0 fully saturated rings. The van der Waals surface area contributed by atoms with Gasteiger partial charge in [0, 0.05) is 17.5 Å². The lowest BCUT2D eigenvalue weighted by molar-refractivity contribution is 0.878. The van der Waals surface area contributed by atoms with Crippen LogP contribution in [0.2, 0.25) is 5.02 Å². The maximum absolute atomic E-state index is 6.19. The fourth-order valence-electron chi connectivity index (χ4n) is 1.53. The Kier molecular flexibility index (Phi) is 6.01. The summed E-state index contributed by atoms with van der Waals surface area (Å²) in [6.45, 7) is 3.03. The highest BCUT2D eigenvalue weighted by Crippen LogP contribution is 2.33. The Morgan fingerprint density at radius 2 is 2.05 bits per heavy atom. The van der Waals surface area contributed by atoms with Crippen molar-refractivity contribution in [1.29, 1.82) is 0 Å². The highest BCUT2D eigenvalue weighted by molar-refractivity contribution is 7.99. The summed E-state index contributed by atoms with van der Waals surface area (Å²) in [6, 6.07) is 9.74. The van der Waals surface area contributed by atoms with E-state index in [1.807, 2.05) is 36.6 Å². The van der Waals surface area contributed by atoms with Gasteiger partial charge in [0.25, 0.3) is 0 Å². The number of rotatable bonds is 6. The minimum atomic E-state index is 0.741. The van der Waals surface area contributed by atoms with Gasteiger partial charge in [0.1, 0.15) is 10.8 Å². The topological polar surface area (TPSA) is 37.8 Å². The van der Waals surface area contributed by atoms with E-state index in [4.69, 9.17) is 11.6 Å². The lowest BCUT2D eigenvalue weighted by Crippen LogP contribution is -2.03. The zero-order valence-corrected chi connectivity index (χ0v) is 13.8. The van der Waals surface area contributed by atoms with Gasteiger partial charge in [-0.2, -0.15) is 0 Å². The van der Waals surface area contributed by atoms with Crippen LogP contribution in [-0.4, -0.2) is 22.8 Å². The van der Waals surface area contributed by atoms with Crippen LogP contribution in [0.4, 0.5) is 5.82 Å². The zero-order chi connectivity index (χ0) is 14.4. The number of thioether (sulfide) groups is 1. The van der Waals surface area contributed by atoms with Gasteiger partial charge in [-0.1, -0.05) is 54.2 Å². The van der Waals surface area contributed by atoms with Gasteiger partial charge in [0.15, 0.2) is 5.16 Å². The van der Waals surface area contributed by atoms with Crippen molar-refractivity contribution in [3.8, 4) is 0 Å². The lowest BCUT2D eigenvalue weighted by Gasteiger charge is -2.08. The molecular formula is C14H16ClN3S2. The molecule has 0 atom stereocenters. The molecule has 3 nitrogen and oxygen atoms in total. The molecule has 2 aromatic rings. The van der Waals surface area contributed by atoms with Crippen molar-refractivity contribution < 1.29 is 0 Å². The van der Waals surface area contributed by atoms with Crippen molar-refractivity contribution in [1.82, 2.24) is 9.97 Å². The van der Waals surface area contributed by atoms with E-state index in [2.05, 4.69) is 22.2 Å². The Morgan fingerprint density at radius 3 is 2.75 bits per heavy atom. The predicted molar refractivity (Wildman–Crippen MR) is 88.2 cm³/mol. The average molecular weight is 326 g/mol. The molecule has 0 aliphatic carbocycles. The van der Waals surface area contributed by atoms with Crippen molar-refractivity contribution in [3.63, 3.8) is 0 Å². The molecule has 0 saturated carbocycles. The molecule has 0 bridgehead atoms. The molecule has 1 aromatic heterocycles. The molecule has 2 rings (SSSR count). The fraction of sp³-hybridized carbons (Fsp3) is 0.286. The normalized spacial score (nSPS) is 10.6. The molecule has 20 heavy (non-hydrogen) atoms. The van der Waals surface area contributed by atoms with E-state index in [-0.39, 0.29) is 0 Å². The van der Waals surface area contributed by atoms with Gasteiger partial charge in [-0.05, 0) is 24.8 Å². The molecule has 106 valence electrons. The first-order valence-corrected chi connectivity index (χ1v) is 8.74. The molecule has 1 heterocycles. The molecule has 0 spiro atoms. The zero-order valence-electron chi connectivity index (χ0n) is 11.4. The fourth-order valence-corrected chi connectivity index (χ4v) is 3.06. The third-order valence-corrected chi connectivity index (χ3v) is 4.46. The van der Waals surface area contributed by atoms with Crippen LogP contribution in [0.1, 0.15) is 13.3 Å². The van der Waals surface area contributed by atoms with E-state index in [0.29, 0.717) is 0 Å². The quantitative estimate of drug-likeness (QED) is 0.468. The molecule has 0 amide bonds. The van der Waals surface area contributed by atoms with Crippen molar-refractivity contribution >= 4 is 40.9 Å². The van der Waals surface area contributed by atoms with E-state index < -0.39 is 0 Å². The molecule has 6 heteroatoms. The standard InChI is InChI=1S/C14H16ClN3S2/c1-3-8-16-12-9-13(18-14(17-12)19-2)20-11-7-5-4-6-10(11)15/h4-7,9H,3,8H2,1-2H3,(H,16,17,18). The second kappa shape index (κ2) is 7.76. The van der Waals surface area contributed by atoms with Gasteiger partial charge in [0.05, 0.1) is 5.02 Å². The van der Waals surface area contributed by atoms with Crippen molar-refractivity contribution in [2.75, 3.05) is 18.1 Å². The van der Waals surface area contributed by atoms with Gasteiger partial charge >= 0.3 is 0 Å². The van der Waals surface area contributed by atoms with Crippen LogP contribution in [-0.2, 0) is 0 Å². The monoisotopic (exact) mass is 325 g/mol. The van der Waals surface area contributed by atoms with Crippen LogP contribution < -0.4 is 5.32 Å². The summed E-state index contributed by atoms with van der Waals surface area (Å²) in [6.07, 6.45) is 3.04. The first-order valence-electron chi connectivity index (χ1n) is 6.32. The molecule has 1 aromatic carbocycles. The summed E-state index contributed by atoms with van der Waals surface area (Å²) >= 11 is 9.28. The van der Waals surface area contributed by atoms with Crippen molar-refractivity contribution in [3.05, 3.63) is 35.4 Å². The number of aromatic nitrogens is 2. The Bertz CT molecular complexity index is 578. The minimum Gasteiger partial charge on any atom is -0.370 e. The summed E-state index contributed by atoms with van der Waals surface area (Å²) in [5, 5.41) is 5.70. The second-order valence-electron chi connectivity index (χ2n) is 4.04. The predicted octanol–water partition coefficient (Wildman–Crippen LogP) is 4.83. The Balaban J connectivity index is 2.24. The highest BCUT2D eigenvalue weighted by Gasteiger charge is 2.07. The van der Waals surface area contributed by atoms with Gasteiger partial charge in [-0.15, -0.1) is 0 Å². The molecule has 0 radical (unpaired) electrons. The van der Waals surface area contributed by atoms with E-state index >= 15 is 0 Å². The Hall–Kier alpha value is -0.910. The maximum Gasteiger partial charge on any atom is 0.190 e. The first kappa shape index (κ1) is 15.5. The highest BCUT2D eigenvalue weighted by atomic mass is 35.5. The number of nitrogens with one attached hydrogen (secondary N) is 1. The number of anilines is 1. The SMILES string of the molecule is CCCNc1cc(Sc2ccccc2Cl)nc(SC)n1. The summed E-state index contributed by atoms with van der Waals surface area (Å²) < 4.78 is 0. The number of benzene rings is 1. The van der Waals surface area contributed by atoms with Crippen molar-refractivity contribution in [2.24, 2.45) is 0 Å². The first-order chi connectivity index (χ1) is 9.72. The number of halogens is 1. The molecule has 0 aliphatic rings. The minimum absolute atomic E-state index is 0.741. The van der Waals surface area contributed by atoms with E-state index in [9.17, 15) is 0 Å². The number of nitrogens with zero attached hydrogens (tertiary/aromatic N) is 2. The summed E-state index contributed by atoms with van der Waals surface area (Å²) in [7, 11) is 0. The third kappa shape index (κ3) is 4.30. The van der Waals surface area contributed by atoms with Gasteiger partial charge in [-0.25, -0.2) is 9.97 Å². The Morgan fingerprint density at radius 1 is 1.25 bits per heavy atom. The maximum atomic E-state index is 6.19. The van der Waals surface area contributed by atoms with Crippen LogP contribution in [0, 0.1) is 0 Å². The molecule has 0 saturated heterocycles. The summed E-state index contributed by atoms with van der Waals surface area (Å²) in [5.74, 6) is 0.862. The van der Waals surface area contributed by atoms with Crippen LogP contribution in [0.25, 0.3) is 0 Å². The third-order valence-electron chi connectivity index (χ3n) is 2.47. The van der Waals surface area contributed by atoms with Crippen molar-refractivity contribution in [2.45, 2.75) is 28.4 Å². The summed E-state index contributed by atoms with van der Waals surface area (Å²) in [4.78, 5) is 9.96. The van der Waals surface area contributed by atoms with Gasteiger partial charge < -0.3 is 5.32 Å². The summed E-state index contributed by atoms with van der Waals surface area (Å²) in [5.41, 5.74) is 0. The molecule has 0 unspecified atom stereocenters. The van der Waals surface area contributed by atoms with E-state index in [1.165, 1.54) is 11.8 Å². The largest absolute Gasteiger partial charge is 0.370 e.